The number of nitro groups is 1. The highest BCUT2D eigenvalue weighted by Gasteiger charge is 2.15. The summed E-state index contributed by atoms with van der Waals surface area (Å²) >= 11 is 0. The van der Waals surface area contributed by atoms with Crippen molar-refractivity contribution in [3.8, 4) is 5.75 Å². The summed E-state index contributed by atoms with van der Waals surface area (Å²) in [5.74, 6) is 0.130. The van der Waals surface area contributed by atoms with Gasteiger partial charge in [0, 0.05) is 17.2 Å². The second kappa shape index (κ2) is 3.43. The summed E-state index contributed by atoms with van der Waals surface area (Å²) in [6, 6.07) is 2.69. The van der Waals surface area contributed by atoms with Gasteiger partial charge in [-0.15, -0.1) is 0 Å². The van der Waals surface area contributed by atoms with Gasteiger partial charge < -0.3 is 5.11 Å². The highest BCUT2D eigenvalue weighted by Crippen LogP contribution is 2.28. The van der Waals surface area contributed by atoms with Crippen LogP contribution in [0, 0.1) is 17.0 Å². The quantitative estimate of drug-likeness (QED) is 0.561. The van der Waals surface area contributed by atoms with Crippen molar-refractivity contribution in [2.24, 2.45) is 0 Å². The van der Waals surface area contributed by atoms with Crippen LogP contribution in [0.4, 0.5) is 5.69 Å². The highest BCUT2D eigenvalue weighted by molar-refractivity contribution is 5.51. The van der Waals surface area contributed by atoms with Crippen LogP contribution in [-0.4, -0.2) is 10.0 Å². The maximum Gasteiger partial charge on any atom is 0.272 e. The van der Waals surface area contributed by atoms with Crippen LogP contribution in [0.5, 0.6) is 5.75 Å². The van der Waals surface area contributed by atoms with Gasteiger partial charge in [-0.3, -0.25) is 10.1 Å². The van der Waals surface area contributed by atoms with Crippen molar-refractivity contribution < 1.29 is 10.0 Å². The second-order valence-electron chi connectivity index (χ2n) is 2.82. The monoisotopic (exact) mass is 181 g/mol. The van der Waals surface area contributed by atoms with E-state index in [9.17, 15) is 15.2 Å². The van der Waals surface area contributed by atoms with Crippen LogP contribution in [0.2, 0.25) is 0 Å². The summed E-state index contributed by atoms with van der Waals surface area (Å²) < 4.78 is 0. The van der Waals surface area contributed by atoms with Crippen molar-refractivity contribution >= 4 is 5.69 Å². The van der Waals surface area contributed by atoms with Crippen LogP contribution in [0.15, 0.2) is 12.1 Å². The zero-order chi connectivity index (χ0) is 10.0. The first-order chi connectivity index (χ1) is 6.07. The Bertz CT molecular complexity index is 347. The molecule has 0 saturated heterocycles. The molecule has 4 nitrogen and oxygen atoms in total. The number of nitrogens with zero attached hydrogens (tertiary/aromatic N) is 1. The lowest BCUT2D eigenvalue weighted by molar-refractivity contribution is -0.385. The van der Waals surface area contributed by atoms with E-state index in [4.69, 9.17) is 0 Å². The first kappa shape index (κ1) is 9.51. The molecule has 13 heavy (non-hydrogen) atoms. The molecule has 0 aromatic heterocycles. The van der Waals surface area contributed by atoms with Gasteiger partial charge in [0.05, 0.1) is 4.92 Å². The summed E-state index contributed by atoms with van der Waals surface area (Å²) in [5.41, 5.74) is 1.26. The van der Waals surface area contributed by atoms with E-state index in [0.29, 0.717) is 17.5 Å². The molecular weight excluding hydrogens is 170 g/mol. The zero-order valence-electron chi connectivity index (χ0n) is 7.57. The Balaban J connectivity index is 3.35. The van der Waals surface area contributed by atoms with Gasteiger partial charge in [0.2, 0.25) is 0 Å². The molecule has 0 atom stereocenters. The highest BCUT2D eigenvalue weighted by atomic mass is 16.6. The van der Waals surface area contributed by atoms with Crippen LogP contribution in [-0.2, 0) is 6.42 Å². The van der Waals surface area contributed by atoms with Gasteiger partial charge in [-0.2, -0.15) is 0 Å². The van der Waals surface area contributed by atoms with Crippen LogP contribution < -0.4 is 0 Å². The summed E-state index contributed by atoms with van der Waals surface area (Å²) in [6.45, 7) is 3.50. The number of aromatic hydroxyl groups is 1. The summed E-state index contributed by atoms with van der Waals surface area (Å²) in [6.07, 6.45) is 0.597. The number of nitro benzene ring substituents is 1. The molecule has 0 spiro atoms. The predicted octanol–water partition coefficient (Wildman–Crippen LogP) is 2.17. The van der Waals surface area contributed by atoms with Gasteiger partial charge in [-0.25, -0.2) is 0 Å². The minimum absolute atomic E-state index is 0.0645. The van der Waals surface area contributed by atoms with Crippen LogP contribution in [0.25, 0.3) is 0 Å². The van der Waals surface area contributed by atoms with E-state index in [0.717, 1.165) is 0 Å². The minimum atomic E-state index is -0.437. The van der Waals surface area contributed by atoms with Crippen LogP contribution in [0.1, 0.15) is 18.1 Å². The third-order valence-electron chi connectivity index (χ3n) is 2.10. The van der Waals surface area contributed by atoms with Crippen LogP contribution in [0.3, 0.4) is 0 Å². The van der Waals surface area contributed by atoms with Crippen molar-refractivity contribution in [3.63, 3.8) is 0 Å². The molecule has 0 aliphatic heterocycles. The summed E-state index contributed by atoms with van der Waals surface area (Å²) in [4.78, 5) is 10.1. The molecule has 0 radical (unpaired) electrons. The molecular formula is C9H11NO3. The van der Waals surface area contributed by atoms with Crippen LogP contribution >= 0.6 is 0 Å². The molecule has 0 amide bonds. The number of rotatable bonds is 2. The Morgan fingerprint density at radius 1 is 1.54 bits per heavy atom. The Labute approximate surface area is 76.0 Å². The summed E-state index contributed by atoms with van der Waals surface area (Å²) in [5, 5.41) is 19.9. The van der Waals surface area contributed by atoms with E-state index in [1.54, 1.807) is 6.92 Å². The molecule has 0 heterocycles. The standard InChI is InChI=1S/C9H11NO3/c1-3-7-6(2)8(10(12)13)4-5-9(7)11/h4-5,11H,3H2,1-2H3. The van der Waals surface area contributed by atoms with Gasteiger partial charge in [0.15, 0.2) is 0 Å². The van der Waals surface area contributed by atoms with Crippen molar-refractivity contribution in [2.75, 3.05) is 0 Å². The van der Waals surface area contributed by atoms with Crippen molar-refractivity contribution in [1.29, 1.82) is 0 Å². The van der Waals surface area contributed by atoms with E-state index in [2.05, 4.69) is 0 Å². The zero-order valence-corrected chi connectivity index (χ0v) is 7.57. The predicted molar refractivity (Wildman–Crippen MR) is 48.9 cm³/mol. The molecule has 1 rings (SSSR count). The van der Waals surface area contributed by atoms with Gasteiger partial charge >= 0.3 is 0 Å². The Morgan fingerprint density at radius 3 is 2.62 bits per heavy atom. The molecule has 0 aliphatic rings. The van der Waals surface area contributed by atoms with E-state index in [-0.39, 0.29) is 11.4 Å². The smallest absolute Gasteiger partial charge is 0.272 e. The fourth-order valence-electron chi connectivity index (χ4n) is 1.37. The number of phenols is 1. The lowest BCUT2D eigenvalue weighted by Crippen LogP contribution is -1.95. The number of phenolic OH excluding ortho intramolecular Hbond substituents is 1. The van der Waals surface area contributed by atoms with Gasteiger partial charge in [0.1, 0.15) is 5.75 Å². The van der Waals surface area contributed by atoms with E-state index in [1.165, 1.54) is 12.1 Å². The third-order valence-corrected chi connectivity index (χ3v) is 2.10. The molecule has 1 aromatic rings. The normalized spacial score (nSPS) is 10.0. The summed E-state index contributed by atoms with van der Waals surface area (Å²) in [7, 11) is 0. The second-order valence-corrected chi connectivity index (χ2v) is 2.82. The number of benzene rings is 1. The third kappa shape index (κ3) is 1.61. The molecule has 1 N–H and O–H groups in total. The average Bonchev–Trinajstić information content (AvgIpc) is 2.04. The maximum atomic E-state index is 10.5. The van der Waals surface area contributed by atoms with Gasteiger partial charge in [-0.05, 0) is 19.4 Å². The number of hydrogen-bond donors (Lipinski definition) is 1. The van der Waals surface area contributed by atoms with Gasteiger partial charge in [0.25, 0.3) is 5.69 Å². The fraction of sp³-hybridized carbons (Fsp3) is 0.333. The number of hydrogen-bond acceptors (Lipinski definition) is 3. The molecule has 4 heteroatoms. The largest absolute Gasteiger partial charge is 0.508 e. The van der Waals surface area contributed by atoms with E-state index >= 15 is 0 Å². The van der Waals surface area contributed by atoms with Crippen molar-refractivity contribution in [1.82, 2.24) is 0 Å². The van der Waals surface area contributed by atoms with Crippen molar-refractivity contribution in [2.45, 2.75) is 20.3 Å². The Morgan fingerprint density at radius 2 is 2.15 bits per heavy atom. The fourth-order valence-corrected chi connectivity index (χ4v) is 1.37. The molecule has 0 fully saturated rings. The topological polar surface area (TPSA) is 63.4 Å². The molecule has 0 bridgehead atoms. The Hall–Kier alpha value is -1.58. The lowest BCUT2D eigenvalue weighted by atomic mass is 10.0. The average molecular weight is 181 g/mol. The lowest BCUT2D eigenvalue weighted by Gasteiger charge is -2.05. The van der Waals surface area contributed by atoms with E-state index in [1.807, 2.05) is 6.92 Å². The van der Waals surface area contributed by atoms with E-state index < -0.39 is 4.92 Å². The SMILES string of the molecule is CCc1c(O)ccc([N+](=O)[O-])c1C. The molecule has 0 saturated carbocycles. The molecule has 0 unspecified atom stereocenters. The van der Waals surface area contributed by atoms with Gasteiger partial charge in [-0.1, -0.05) is 6.92 Å². The van der Waals surface area contributed by atoms with Crippen molar-refractivity contribution in [3.05, 3.63) is 33.4 Å². The first-order valence-corrected chi connectivity index (χ1v) is 4.03. The molecule has 0 aliphatic carbocycles. The minimum Gasteiger partial charge on any atom is -0.508 e. The Kier molecular flexibility index (Phi) is 2.51. The first-order valence-electron chi connectivity index (χ1n) is 4.03. The molecule has 1 aromatic carbocycles. The maximum absolute atomic E-state index is 10.5. The molecule has 70 valence electrons.